The number of pyridine rings is 1. The molecule has 0 spiro atoms. The van der Waals surface area contributed by atoms with E-state index in [0.29, 0.717) is 22.2 Å². The number of hydrogen-bond donors (Lipinski definition) is 3. The molecule has 3 N–H and O–H groups in total. The van der Waals surface area contributed by atoms with Crippen LogP contribution in [0.25, 0.3) is 17.0 Å². The third-order valence-electron chi connectivity index (χ3n) is 4.27. The van der Waals surface area contributed by atoms with E-state index < -0.39 is 24.6 Å². The smallest absolute Gasteiger partial charge is 0.305 e. The molecule has 1 aliphatic rings. The summed E-state index contributed by atoms with van der Waals surface area (Å²) in [5.74, 6) is -1.28. The fraction of sp³-hybridized carbons (Fsp3) is 0.368. The van der Waals surface area contributed by atoms with Crippen molar-refractivity contribution >= 4 is 22.9 Å². The molecule has 0 saturated heterocycles. The Bertz CT molecular complexity index is 816. The summed E-state index contributed by atoms with van der Waals surface area (Å²) in [6.45, 7) is 0. The van der Waals surface area contributed by atoms with E-state index in [4.69, 9.17) is 5.11 Å². The molecule has 0 unspecified atom stereocenters. The molecular formula is C19H20FNO4. The van der Waals surface area contributed by atoms with Crippen molar-refractivity contribution in [2.75, 3.05) is 0 Å². The molecular weight excluding hydrogens is 325 g/mol. The molecule has 0 bridgehead atoms. The molecule has 0 radical (unpaired) electrons. The summed E-state index contributed by atoms with van der Waals surface area (Å²) in [7, 11) is 0. The first kappa shape index (κ1) is 17.5. The number of carbonyl (C=O) groups is 1. The summed E-state index contributed by atoms with van der Waals surface area (Å²) >= 11 is 0. The Kier molecular flexibility index (Phi) is 5.11. The largest absolute Gasteiger partial charge is 0.481 e. The van der Waals surface area contributed by atoms with E-state index in [2.05, 4.69) is 4.98 Å². The minimum absolute atomic E-state index is 0.121. The van der Waals surface area contributed by atoms with Crippen molar-refractivity contribution in [3.63, 3.8) is 0 Å². The first-order valence-corrected chi connectivity index (χ1v) is 8.30. The van der Waals surface area contributed by atoms with E-state index in [0.717, 1.165) is 12.8 Å². The monoisotopic (exact) mass is 345 g/mol. The molecule has 5 nitrogen and oxygen atoms in total. The Balaban J connectivity index is 1.86. The molecule has 1 aromatic carbocycles. The number of aliphatic carboxylic acids is 1. The zero-order valence-corrected chi connectivity index (χ0v) is 13.6. The Morgan fingerprint density at radius 3 is 2.72 bits per heavy atom. The highest BCUT2D eigenvalue weighted by molar-refractivity contribution is 5.82. The van der Waals surface area contributed by atoms with E-state index in [-0.39, 0.29) is 18.2 Å². The Morgan fingerprint density at radius 2 is 2.04 bits per heavy atom. The van der Waals surface area contributed by atoms with Crippen LogP contribution in [0.2, 0.25) is 0 Å². The molecule has 1 heterocycles. The van der Waals surface area contributed by atoms with Crippen molar-refractivity contribution in [1.82, 2.24) is 4.98 Å². The van der Waals surface area contributed by atoms with Crippen LogP contribution in [0, 0.1) is 5.82 Å². The van der Waals surface area contributed by atoms with Gasteiger partial charge < -0.3 is 15.3 Å². The summed E-state index contributed by atoms with van der Waals surface area (Å²) in [4.78, 5) is 15.1. The number of benzene rings is 1. The van der Waals surface area contributed by atoms with E-state index >= 15 is 0 Å². The highest BCUT2D eigenvalue weighted by Gasteiger charge is 2.29. The molecule has 2 atom stereocenters. The van der Waals surface area contributed by atoms with Crippen molar-refractivity contribution < 1.29 is 24.5 Å². The average molecular weight is 345 g/mol. The molecule has 2 aromatic rings. The van der Waals surface area contributed by atoms with Crippen LogP contribution in [0.3, 0.4) is 0 Å². The van der Waals surface area contributed by atoms with Crippen LogP contribution in [0.4, 0.5) is 4.39 Å². The van der Waals surface area contributed by atoms with Crippen LogP contribution in [-0.2, 0) is 4.79 Å². The van der Waals surface area contributed by atoms with Crippen LogP contribution in [0.1, 0.15) is 42.9 Å². The number of carboxylic acid groups (broad SMARTS) is 1. The van der Waals surface area contributed by atoms with Gasteiger partial charge in [-0.15, -0.1) is 0 Å². The quantitative estimate of drug-likeness (QED) is 0.718. The fourth-order valence-electron chi connectivity index (χ4n) is 2.88. The van der Waals surface area contributed by atoms with Crippen LogP contribution >= 0.6 is 0 Å². The van der Waals surface area contributed by atoms with Gasteiger partial charge in [-0.2, -0.15) is 0 Å². The second-order valence-electron chi connectivity index (χ2n) is 6.43. The van der Waals surface area contributed by atoms with Gasteiger partial charge in [-0.3, -0.25) is 9.78 Å². The molecule has 6 heteroatoms. The van der Waals surface area contributed by atoms with Crippen molar-refractivity contribution in [2.45, 2.75) is 43.8 Å². The van der Waals surface area contributed by atoms with Crippen LogP contribution in [0.5, 0.6) is 0 Å². The lowest BCUT2D eigenvalue weighted by molar-refractivity contribution is -0.139. The normalized spacial score (nSPS) is 17.1. The van der Waals surface area contributed by atoms with Crippen molar-refractivity contribution in [3.05, 3.63) is 47.4 Å². The van der Waals surface area contributed by atoms with Gasteiger partial charge >= 0.3 is 5.97 Å². The van der Waals surface area contributed by atoms with Gasteiger partial charge in [0, 0.05) is 23.3 Å². The summed E-state index contributed by atoms with van der Waals surface area (Å²) in [5.41, 5.74) is 1.65. The molecule has 0 amide bonds. The maximum atomic E-state index is 14.9. The number of hydrogen-bond acceptors (Lipinski definition) is 4. The topological polar surface area (TPSA) is 90.7 Å². The number of carboxylic acids is 1. The van der Waals surface area contributed by atoms with Gasteiger partial charge in [-0.05, 0) is 25.0 Å². The van der Waals surface area contributed by atoms with Crippen molar-refractivity contribution in [2.24, 2.45) is 0 Å². The third kappa shape index (κ3) is 4.21. The number of aliphatic hydroxyl groups is 2. The van der Waals surface area contributed by atoms with Crippen LogP contribution < -0.4 is 0 Å². The lowest BCUT2D eigenvalue weighted by Crippen LogP contribution is -2.19. The molecule has 1 fully saturated rings. The lowest BCUT2D eigenvalue weighted by Gasteiger charge is -2.12. The van der Waals surface area contributed by atoms with Gasteiger partial charge in [0.1, 0.15) is 5.82 Å². The second-order valence-corrected chi connectivity index (χ2v) is 6.43. The molecule has 132 valence electrons. The zero-order valence-electron chi connectivity index (χ0n) is 13.6. The minimum Gasteiger partial charge on any atom is -0.481 e. The fourth-order valence-corrected chi connectivity index (χ4v) is 2.88. The third-order valence-corrected chi connectivity index (χ3v) is 4.27. The lowest BCUT2D eigenvalue weighted by atomic mass is 10.0. The molecule has 25 heavy (non-hydrogen) atoms. The van der Waals surface area contributed by atoms with Crippen molar-refractivity contribution in [3.8, 4) is 0 Å². The number of aromatic nitrogens is 1. The first-order chi connectivity index (χ1) is 12.0. The van der Waals surface area contributed by atoms with Gasteiger partial charge in [-0.25, -0.2) is 4.39 Å². The van der Waals surface area contributed by atoms with Gasteiger partial charge in [0.15, 0.2) is 0 Å². The number of aliphatic hydroxyl groups excluding tert-OH is 2. The molecule has 3 rings (SSSR count). The van der Waals surface area contributed by atoms with Gasteiger partial charge in [0.25, 0.3) is 0 Å². The zero-order chi connectivity index (χ0) is 18.0. The van der Waals surface area contributed by atoms with E-state index in [9.17, 15) is 19.4 Å². The highest BCUT2D eigenvalue weighted by Crippen LogP contribution is 2.42. The number of para-hydroxylation sites is 1. The van der Waals surface area contributed by atoms with Gasteiger partial charge in [0.2, 0.25) is 0 Å². The summed E-state index contributed by atoms with van der Waals surface area (Å²) in [6, 6.07) is 7.00. The van der Waals surface area contributed by atoms with E-state index in [1.807, 2.05) is 6.07 Å². The summed E-state index contributed by atoms with van der Waals surface area (Å²) in [6.07, 6.45) is 2.02. The predicted octanol–water partition coefficient (Wildman–Crippen LogP) is 2.85. The predicted molar refractivity (Wildman–Crippen MR) is 91.6 cm³/mol. The Morgan fingerprint density at radius 1 is 1.32 bits per heavy atom. The average Bonchev–Trinajstić information content (AvgIpc) is 3.37. The number of rotatable bonds is 7. The Hall–Kier alpha value is -2.31. The second kappa shape index (κ2) is 7.29. The molecule has 1 saturated carbocycles. The maximum Gasteiger partial charge on any atom is 0.305 e. The maximum absolute atomic E-state index is 14.9. The number of nitrogens with zero attached hydrogens (tertiary/aromatic N) is 1. The first-order valence-electron chi connectivity index (χ1n) is 8.30. The van der Waals surface area contributed by atoms with E-state index in [1.165, 1.54) is 12.2 Å². The van der Waals surface area contributed by atoms with Crippen LogP contribution in [-0.4, -0.2) is 38.5 Å². The van der Waals surface area contributed by atoms with Crippen molar-refractivity contribution in [1.29, 1.82) is 0 Å². The SMILES string of the molecule is O=C(O)C[C@H](O)C[C@H](O)/C=C/c1c(C2CC2)nc2ccccc2c1F. The highest BCUT2D eigenvalue weighted by atomic mass is 19.1. The Labute approximate surface area is 144 Å². The molecule has 0 aliphatic heterocycles. The van der Waals surface area contributed by atoms with E-state index in [1.54, 1.807) is 18.2 Å². The standard InChI is InChI=1S/C19H20FNO4/c20-18-14-3-1-2-4-16(14)21-19(11-5-6-11)15(18)8-7-12(22)9-13(23)10-17(24)25/h1-4,7-8,11-13,22-23H,5-6,9-10H2,(H,24,25)/b8-7+/t12-,13-/m1/s1. The number of halogens is 1. The van der Waals surface area contributed by atoms with Gasteiger partial charge in [-0.1, -0.05) is 24.3 Å². The van der Waals surface area contributed by atoms with Crippen LogP contribution in [0.15, 0.2) is 30.3 Å². The van der Waals surface area contributed by atoms with Gasteiger partial charge in [0.05, 0.1) is 29.8 Å². The molecule has 1 aromatic heterocycles. The minimum atomic E-state index is -1.15. The summed E-state index contributed by atoms with van der Waals surface area (Å²) in [5, 5.41) is 28.6. The number of fused-ring (bicyclic) bond motifs is 1. The summed E-state index contributed by atoms with van der Waals surface area (Å²) < 4.78 is 14.9. The molecule has 1 aliphatic carbocycles.